The lowest BCUT2D eigenvalue weighted by atomic mass is 10.0. The van der Waals surface area contributed by atoms with E-state index in [4.69, 9.17) is 5.73 Å². The second-order valence-corrected chi connectivity index (χ2v) is 4.11. The number of nitrogens with two attached hydrogens (primary N) is 1. The Balaban J connectivity index is 2.14. The maximum Gasteiger partial charge on any atom is 0.123 e. The molecule has 0 unspecified atom stereocenters. The average Bonchev–Trinajstić information content (AvgIpc) is 2.41. The van der Waals surface area contributed by atoms with Gasteiger partial charge in [-0.2, -0.15) is 0 Å². The number of halogens is 1. The van der Waals surface area contributed by atoms with Crippen LogP contribution in [0, 0.1) is 5.82 Å². The highest BCUT2D eigenvalue weighted by atomic mass is 19.1. The van der Waals surface area contributed by atoms with Crippen LogP contribution >= 0.6 is 0 Å². The molecule has 0 bridgehead atoms. The summed E-state index contributed by atoms with van der Waals surface area (Å²) in [5.74, 6) is -0.208. The maximum atomic E-state index is 12.8. The first-order chi connectivity index (χ1) is 8.79. The van der Waals surface area contributed by atoms with Gasteiger partial charge in [0, 0.05) is 0 Å². The molecule has 0 aliphatic rings. The molecule has 0 aliphatic carbocycles. The van der Waals surface area contributed by atoms with Crippen LogP contribution in [0.1, 0.15) is 12.0 Å². The first-order valence-corrected chi connectivity index (χ1v) is 6.02. The van der Waals surface area contributed by atoms with Crippen molar-refractivity contribution in [3.05, 3.63) is 66.0 Å². The molecule has 0 saturated carbocycles. The molecular formula is C16H16FN. The van der Waals surface area contributed by atoms with Gasteiger partial charge in [-0.1, -0.05) is 48.6 Å². The zero-order valence-corrected chi connectivity index (χ0v) is 10.1. The van der Waals surface area contributed by atoms with Gasteiger partial charge < -0.3 is 5.73 Å². The van der Waals surface area contributed by atoms with Gasteiger partial charge in [0.05, 0.1) is 0 Å². The molecule has 0 heterocycles. The third kappa shape index (κ3) is 3.28. The molecule has 2 rings (SSSR count). The normalized spacial score (nSPS) is 11.0. The SMILES string of the molecule is NCC/C=C/c1ccc(-c2ccc(F)cc2)cc1. The van der Waals surface area contributed by atoms with Crippen molar-refractivity contribution in [3.8, 4) is 11.1 Å². The van der Waals surface area contributed by atoms with Gasteiger partial charge in [0.15, 0.2) is 0 Å². The van der Waals surface area contributed by atoms with E-state index in [1.165, 1.54) is 12.1 Å². The van der Waals surface area contributed by atoms with Crippen molar-refractivity contribution in [1.29, 1.82) is 0 Å². The topological polar surface area (TPSA) is 26.0 Å². The van der Waals surface area contributed by atoms with E-state index >= 15 is 0 Å². The zero-order valence-electron chi connectivity index (χ0n) is 10.1. The maximum absolute atomic E-state index is 12.8. The van der Waals surface area contributed by atoms with Crippen molar-refractivity contribution < 1.29 is 4.39 Å². The molecule has 0 aliphatic heterocycles. The van der Waals surface area contributed by atoms with Crippen LogP contribution in [0.25, 0.3) is 17.2 Å². The lowest BCUT2D eigenvalue weighted by molar-refractivity contribution is 0.628. The van der Waals surface area contributed by atoms with E-state index < -0.39 is 0 Å². The summed E-state index contributed by atoms with van der Waals surface area (Å²) in [7, 11) is 0. The van der Waals surface area contributed by atoms with Gasteiger partial charge in [-0.15, -0.1) is 0 Å². The predicted octanol–water partition coefficient (Wildman–Crippen LogP) is 3.85. The fraction of sp³-hybridized carbons (Fsp3) is 0.125. The molecular weight excluding hydrogens is 225 g/mol. The van der Waals surface area contributed by atoms with Gasteiger partial charge in [-0.05, 0) is 41.8 Å². The standard InChI is InChI=1S/C16H16FN/c17-16-10-8-15(9-11-16)14-6-4-13(5-7-14)3-1-2-12-18/h1,3-11H,2,12,18H2/b3-1+. The summed E-state index contributed by atoms with van der Waals surface area (Å²) in [6, 6.07) is 14.7. The Labute approximate surface area is 107 Å². The lowest BCUT2D eigenvalue weighted by Gasteiger charge is -2.02. The van der Waals surface area contributed by atoms with Gasteiger partial charge in [0.1, 0.15) is 5.82 Å². The summed E-state index contributed by atoms with van der Waals surface area (Å²) in [6.07, 6.45) is 5.01. The first kappa shape index (κ1) is 12.5. The van der Waals surface area contributed by atoms with Gasteiger partial charge >= 0.3 is 0 Å². The molecule has 0 atom stereocenters. The molecule has 0 radical (unpaired) electrons. The number of benzene rings is 2. The minimum absolute atomic E-state index is 0.208. The number of hydrogen-bond acceptors (Lipinski definition) is 1. The Bertz CT molecular complexity index is 512. The van der Waals surface area contributed by atoms with Gasteiger partial charge in [-0.3, -0.25) is 0 Å². The lowest BCUT2D eigenvalue weighted by Crippen LogP contribution is -1.94. The van der Waals surface area contributed by atoms with Crippen LogP contribution < -0.4 is 5.73 Å². The van der Waals surface area contributed by atoms with E-state index in [2.05, 4.69) is 12.2 Å². The minimum atomic E-state index is -0.208. The summed E-state index contributed by atoms with van der Waals surface area (Å²) >= 11 is 0. The highest BCUT2D eigenvalue weighted by Gasteiger charge is 1.97. The van der Waals surface area contributed by atoms with E-state index in [9.17, 15) is 4.39 Å². The molecule has 2 heteroatoms. The number of hydrogen-bond donors (Lipinski definition) is 1. The Morgan fingerprint density at radius 1 is 0.889 bits per heavy atom. The largest absolute Gasteiger partial charge is 0.330 e. The summed E-state index contributed by atoms with van der Waals surface area (Å²) in [6.45, 7) is 0.671. The van der Waals surface area contributed by atoms with E-state index in [0.717, 1.165) is 23.1 Å². The summed E-state index contributed by atoms with van der Waals surface area (Å²) < 4.78 is 12.8. The predicted molar refractivity (Wildman–Crippen MR) is 74.5 cm³/mol. The van der Waals surface area contributed by atoms with Crippen molar-refractivity contribution in [2.45, 2.75) is 6.42 Å². The van der Waals surface area contributed by atoms with Crippen LogP contribution in [0.2, 0.25) is 0 Å². The van der Waals surface area contributed by atoms with Gasteiger partial charge in [-0.25, -0.2) is 4.39 Å². The Hall–Kier alpha value is -1.93. The fourth-order valence-electron chi connectivity index (χ4n) is 1.74. The molecule has 0 amide bonds. The third-order valence-electron chi connectivity index (χ3n) is 2.73. The highest BCUT2D eigenvalue weighted by Crippen LogP contribution is 2.20. The summed E-state index contributed by atoms with van der Waals surface area (Å²) in [5.41, 5.74) is 8.68. The van der Waals surface area contributed by atoms with Gasteiger partial charge in [0.25, 0.3) is 0 Å². The van der Waals surface area contributed by atoms with Crippen LogP contribution in [0.4, 0.5) is 4.39 Å². The summed E-state index contributed by atoms with van der Waals surface area (Å²) in [4.78, 5) is 0. The van der Waals surface area contributed by atoms with Crippen LogP contribution in [0.5, 0.6) is 0 Å². The Morgan fingerprint density at radius 3 is 2.00 bits per heavy atom. The van der Waals surface area contributed by atoms with E-state index in [1.54, 1.807) is 12.1 Å². The molecule has 92 valence electrons. The smallest absolute Gasteiger partial charge is 0.123 e. The van der Waals surface area contributed by atoms with Crippen molar-refractivity contribution >= 4 is 6.08 Å². The Kier molecular flexibility index (Phi) is 4.26. The monoisotopic (exact) mass is 241 g/mol. The highest BCUT2D eigenvalue weighted by molar-refractivity contribution is 5.65. The van der Waals surface area contributed by atoms with Crippen LogP contribution in [-0.2, 0) is 0 Å². The summed E-state index contributed by atoms with van der Waals surface area (Å²) in [5, 5.41) is 0. The van der Waals surface area contributed by atoms with Gasteiger partial charge in [0.2, 0.25) is 0 Å². The molecule has 0 spiro atoms. The molecule has 18 heavy (non-hydrogen) atoms. The molecule has 0 saturated heterocycles. The van der Waals surface area contributed by atoms with Crippen LogP contribution in [0.15, 0.2) is 54.6 Å². The van der Waals surface area contributed by atoms with Crippen molar-refractivity contribution in [2.75, 3.05) is 6.54 Å². The quantitative estimate of drug-likeness (QED) is 0.864. The van der Waals surface area contributed by atoms with Crippen molar-refractivity contribution in [1.82, 2.24) is 0 Å². The Morgan fingerprint density at radius 2 is 1.44 bits per heavy atom. The van der Waals surface area contributed by atoms with Crippen molar-refractivity contribution in [3.63, 3.8) is 0 Å². The minimum Gasteiger partial charge on any atom is -0.330 e. The molecule has 0 fully saturated rings. The molecule has 2 aromatic rings. The average molecular weight is 241 g/mol. The second kappa shape index (κ2) is 6.12. The van der Waals surface area contributed by atoms with E-state index in [-0.39, 0.29) is 5.82 Å². The first-order valence-electron chi connectivity index (χ1n) is 6.02. The van der Waals surface area contributed by atoms with E-state index in [0.29, 0.717) is 6.54 Å². The van der Waals surface area contributed by atoms with E-state index in [1.807, 2.05) is 24.3 Å². The van der Waals surface area contributed by atoms with Crippen LogP contribution in [0.3, 0.4) is 0 Å². The molecule has 2 N–H and O–H groups in total. The zero-order chi connectivity index (χ0) is 12.8. The number of rotatable bonds is 4. The molecule has 1 nitrogen and oxygen atoms in total. The second-order valence-electron chi connectivity index (χ2n) is 4.11. The third-order valence-corrected chi connectivity index (χ3v) is 2.73. The van der Waals surface area contributed by atoms with Crippen molar-refractivity contribution in [2.24, 2.45) is 5.73 Å². The molecule has 0 aromatic heterocycles. The van der Waals surface area contributed by atoms with Crippen LogP contribution in [-0.4, -0.2) is 6.54 Å². The fourth-order valence-corrected chi connectivity index (χ4v) is 1.74. The molecule has 2 aromatic carbocycles.